The molecule has 0 N–H and O–H groups in total. The maximum absolute atomic E-state index is 13.1. The summed E-state index contributed by atoms with van der Waals surface area (Å²) in [6.45, 7) is 4.30. The molecule has 0 amide bonds. The van der Waals surface area contributed by atoms with Crippen molar-refractivity contribution < 1.29 is 0 Å². The van der Waals surface area contributed by atoms with Gasteiger partial charge in [0, 0.05) is 17.0 Å². The summed E-state index contributed by atoms with van der Waals surface area (Å²) < 4.78 is 3.25. The molecule has 26 heavy (non-hydrogen) atoms. The Hall–Kier alpha value is -2.73. The Morgan fingerprint density at radius 1 is 1.19 bits per heavy atom. The zero-order valence-corrected chi connectivity index (χ0v) is 15.1. The van der Waals surface area contributed by atoms with Crippen LogP contribution in [0.1, 0.15) is 23.3 Å². The number of nitrogens with zero attached hydrogens (tertiary/aromatic N) is 4. The Balaban J connectivity index is 1.91. The van der Waals surface area contributed by atoms with Crippen LogP contribution in [0.15, 0.2) is 47.8 Å². The van der Waals surface area contributed by atoms with Crippen molar-refractivity contribution in [3.63, 3.8) is 0 Å². The second-order valence-corrected chi connectivity index (χ2v) is 7.69. The van der Waals surface area contributed by atoms with Crippen LogP contribution in [0.5, 0.6) is 0 Å². The molecule has 0 spiro atoms. The predicted octanol–water partition coefficient (Wildman–Crippen LogP) is 3.84. The fourth-order valence-electron chi connectivity index (χ4n) is 3.78. The molecule has 0 saturated carbocycles. The minimum absolute atomic E-state index is 0.152. The Kier molecular flexibility index (Phi) is 3.53. The van der Waals surface area contributed by atoms with Crippen LogP contribution in [-0.2, 0) is 19.4 Å². The largest absolute Gasteiger partial charge is 0.352 e. The van der Waals surface area contributed by atoms with Gasteiger partial charge in [-0.05, 0) is 31.2 Å². The number of allylic oxidation sites excluding steroid dienone is 1. The van der Waals surface area contributed by atoms with Gasteiger partial charge in [0.15, 0.2) is 11.5 Å². The third kappa shape index (κ3) is 2.18. The van der Waals surface area contributed by atoms with Gasteiger partial charge in [0.1, 0.15) is 4.83 Å². The number of hydrogen-bond acceptors (Lipinski definition) is 4. The number of thiophene rings is 1. The summed E-state index contributed by atoms with van der Waals surface area (Å²) in [5.41, 5.74) is 2.80. The van der Waals surface area contributed by atoms with Gasteiger partial charge < -0.3 is 0 Å². The molecule has 0 radical (unpaired) electrons. The summed E-state index contributed by atoms with van der Waals surface area (Å²) in [6.07, 6.45) is 6.29. The maximum Gasteiger partial charge on any atom is 0.352 e. The van der Waals surface area contributed by atoms with Gasteiger partial charge >= 0.3 is 5.69 Å². The van der Waals surface area contributed by atoms with Crippen LogP contribution in [0.25, 0.3) is 27.3 Å². The van der Waals surface area contributed by atoms with Crippen molar-refractivity contribution in [1.29, 1.82) is 0 Å². The van der Waals surface area contributed by atoms with E-state index in [1.165, 1.54) is 27.8 Å². The van der Waals surface area contributed by atoms with Crippen LogP contribution in [0.3, 0.4) is 0 Å². The molecule has 1 aliphatic rings. The normalized spacial score (nSPS) is 14.0. The minimum Gasteiger partial charge on any atom is -0.279 e. The molecule has 0 unspecified atom stereocenters. The van der Waals surface area contributed by atoms with Crippen LogP contribution in [0, 0.1) is 0 Å². The molecule has 5 rings (SSSR count). The molecule has 0 bridgehead atoms. The number of hydrogen-bond donors (Lipinski definition) is 0. The summed E-state index contributed by atoms with van der Waals surface area (Å²) in [4.78, 5) is 20.2. The Morgan fingerprint density at radius 3 is 2.81 bits per heavy atom. The van der Waals surface area contributed by atoms with Gasteiger partial charge in [-0.1, -0.05) is 36.4 Å². The molecular formula is C20H18N4OS. The van der Waals surface area contributed by atoms with E-state index in [9.17, 15) is 4.79 Å². The van der Waals surface area contributed by atoms with Crippen LogP contribution in [0.4, 0.5) is 0 Å². The molecule has 6 heteroatoms. The number of fused-ring (bicyclic) bond motifs is 5. The SMILES string of the molecule is C=CCn1c(=O)n2nc(-c3ccccc3)nc2c2c3c(sc21)CCCC3. The summed E-state index contributed by atoms with van der Waals surface area (Å²) in [6, 6.07) is 9.82. The fraction of sp³-hybridized carbons (Fsp3) is 0.250. The lowest BCUT2D eigenvalue weighted by molar-refractivity contribution is 0.699. The van der Waals surface area contributed by atoms with Crippen molar-refractivity contribution >= 4 is 27.2 Å². The standard InChI is InChI=1S/C20H18N4OS/c1-2-12-23-19-16(14-10-6-7-11-15(14)26-19)18-21-17(22-24(18)20(23)25)13-8-4-3-5-9-13/h2-5,8-9H,1,6-7,10-12H2. The highest BCUT2D eigenvalue weighted by Gasteiger charge is 2.24. The summed E-state index contributed by atoms with van der Waals surface area (Å²) in [5, 5.41) is 5.64. The van der Waals surface area contributed by atoms with E-state index >= 15 is 0 Å². The molecule has 0 saturated heterocycles. The summed E-state index contributed by atoms with van der Waals surface area (Å²) in [5.74, 6) is 0.594. The zero-order chi connectivity index (χ0) is 17.7. The van der Waals surface area contributed by atoms with E-state index in [0.717, 1.165) is 28.6 Å². The highest BCUT2D eigenvalue weighted by molar-refractivity contribution is 7.19. The summed E-state index contributed by atoms with van der Waals surface area (Å²) in [7, 11) is 0. The topological polar surface area (TPSA) is 52.2 Å². The lowest BCUT2D eigenvalue weighted by Gasteiger charge is -2.10. The average molecular weight is 362 g/mol. The molecule has 5 nitrogen and oxygen atoms in total. The van der Waals surface area contributed by atoms with E-state index in [-0.39, 0.29) is 5.69 Å². The summed E-state index contributed by atoms with van der Waals surface area (Å²) >= 11 is 1.73. The molecule has 4 aromatic rings. The first-order chi connectivity index (χ1) is 12.8. The predicted molar refractivity (Wildman–Crippen MR) is 105 cm³/mol. The molecule has 0 fully saturated rings. The zero-order valence-electron chi connectivity index (χ0n) is 14.3. The van der Waals surface area contributed by atoms with Crippen molar-refractivity contribution in [2.24, 2.45) is 0 Å². The van der Waals surface area contributed by atoms with Crippen molar-refractivity contribution in [3.05, 3.63) is 63.9 Å². The van der Waals surface area contributed by atoms with Crippen molar-refractivity contribution in [1.82, 2.24) is 19.2 Å². The molecule has 0 aliphatic heterocycles. The van der Waals surface area contributed by atoms with Crippen LogP contribution in [-0.4, -0.2) is 19.2 Å². The van der Waals surface area contributed by atoms with Crippen molar-refractivity contribution in [2.75, 3.05) is 0 Å². The van der Waals surface area contributed by atoms with Gasteiger partial charge in [0.05, 0.1) is 5.39 Å². The van der Waals surface area contributed by atoms with Crippen LogP contribution >= 0.6 is 11.3 Å². The second kappa shape index (κ2) is 5.92. The Labute approximate surface area is 154 Å². The lowest BCUT2D eigenvalue weighted by atomic mass is 9.97. The lowest BCUT2D eigenvalue weighted by Crippen LogP contribution is -2.27. The van der Waals surface area contributed by atoms with Crippen molar-refractivity contribution in [2.45, 2.75) is 32.2 Å². The van der Waals surface area contributed by atoms with Crippen LogP contribution in [0.2, 0.25) is 0 Å². The van der Waals surface area contributed by atoms with Crippen molar-refractivity contribution in [3.8, 4) is 11.4 Å². The van der Waals surface area contributed by atoms with Gasteiger partial charge in [-0.2, -0.15) is 4.52 Å². The maximum atomic E-state index is 13.1. The Morgan fingerprint density at radius 2 is 2.00 bits per heavy atom. The molecule has 130 valence electrons. The van der Waals surface area contributed by atoms with Gasteiger partial charge in [-0.3, -0.25) is 4.57 Å². The molecule has 0 atom stereocenters. The van der Waals surface area contributed by atoms with Gasteiger partial charge in [0.2, 0.25) is 0 Å². The highest BCUT2D eigenvalue weighted by atomic mass is 32.1. The third-order valence-corrected chi connectivity index (χ3v) is 6.30. The first-order valence-corrected chi connectivity index (χ1v) is 9.69. The highest BCUT2D eigenvalue weighted by Crippen LogP contribution is 2.37. The van der Waals surface area contributed by atoms with E-state index < -0.39 is 0 Å². The first-order valence-electron chi connectivity index (χ1n) is 8.88. The number of rotatable bonds is 3. The smallest absolute Gasteiger partial charge is 0.279 e. The molecule has 1 aliphatic carbocycles. The van der Waals surface area contributed by atoms with Crippen LogP contribution < -0.4 is 5.69 Å². The first kappa shape index (κ1) is 15.5. The van der Waals surface area contributed by atoms with E-state index in [2.05, 4.69) is 11.7 Å². The third-order valence-electron chi connectivity index (χ3n) is 4.98. The Bertz CT molecular complexity index is 1200. The van der Waals surface area contributed by atoms with E-state index in [4.69, 9.17) is 4.98 Å². The number of aryl methyl sites for hydroxylation is 2. The fourth-order valence-corrected chi connectivity index (χ4v) is 5.17. The second-order valence-electron chi connectivity index (χ2n) is 6.61. The van der Waals surface area contributed by atoms with E-state index in [1.807, 2.05) is 30.3 Å². The number of aromatic nitrogens is 4. The molecule has 3 aromatic heterocycles. The monoisotopic (exact) mass is 362 g/mol. The van der Waals surface area contributed by atoms with Gasteiger partial charge in [-0.15, -0.1) is 23.0 Å². The molecule has 3 heterocycles. The minimum atomic E-state index is -0.152. The van der Waals surface area contributed by atoms with Gasteiger partial charge in [-0.25, -0.2) is 9.78 Å². The van der Waals surface area contributed by atoms with E-state index in [0.29, 0.717) is 18.0 Å². The molecule has 1 aromatic carbocycles. The quantitative estimate of drug-likeness (QED) is 0.520. The average Bonchev–Trinajstić information content (AvgIpc) is 3.27. The number of benzene rings is 1. The molecular weight excluding hydrogens is 344 g/mol. The van der Waals surface area contributed by atoms with Gasteiger partial charge in [0.25, 0.3) is 0 Å². The van der Waals surface area contributed by atoms with E-state index in [1.54, 1.807) is 22.0 Å².